The quantitative estimate of drug-likeness (QED) is 0.856. The highest BCUT2D eigenvalue weighted by molar-refractivity contribution is 7.71. The highest BCUT2D eigenvalue weighted by atomic mass is 32.1. The predicted molar refractivity (Wildman–Crippen MR) is 87.1 cm³/mol. The highest BCUT2D eigenvalue weighted by Gasteiger charge is 2.40. The minimum atomic E-state index is 0.564. The van der Waals surface area contributed by atoms with Gasteiger partial charge in [0.15, 0.2) is 4.77 Å². The first-order chi connectivity index (χ1) is 10.2. The Morgan fingerprint density at radius 3 is 2.71 bits per heavy atom. The second-order valence-electron chi connectivity index (χ2n) is 7.45. The molecule has 5 heteroatoms. The number of aromatic amines is 1. The van der Waals surface area contributed by atoms with Gasteiger partial charge in [0.2, 0.25) is 5.95 Å². The molecule has 3 aliphatic carbocycles. The lowest BCUT2D eigenvalue weighted by Crippen LogP contribution is -2.31. The topological polar surface area (TPSA) is 36.9 Å². The molecule has 3 fully saturated rings. The van der Waals surface area contributed by atoms with Crippen LogP contribution < -0.4 is 4.90 Å². The molecule has 1 N–H and O–H groups in total. The van der Waals surface area contributed by atoms with Crippen molar-refractivity contribution in [2.75, 3.05) is 18.5 Å². The Morgan fingerprint density at radius 2 is 2.05 bits per heavy atom. The Bertz CT molecular complexity index is 557. The molecule has 1 heterocycles. The van der Waals surface area contributed by atoms with Crippen molar-refractivity contribution in [3.8, 4) is 0 Å². The van der Waals surface area contributed by atoms with Gasteiger partial charge in [-0.1, -0.05) is 19.3 Å². The summed E-state index contributed by atoms with van der Waals surface area (Å²) in [4.78, 5) is 2.36. The van der Waals surface area contributed by atoms with Crippen molar-refractivity contribution in [1.29, 1.82) is 0 Å². The summed E-state index contributed by atoms with van der Waals surface area (Å²) in [6.07, 6.45) is 11.0. The van der Waals surface area contributed by atoms with Crippen molar-refractivity contribution in [2.24, 2.45) is 17.8 Å². The van der Waals surface area contributed by atoms with Crippen LogP contribution in [0, 0.1) is 22.5 Å². The molecule has 4 nitrogen and oxygen atoms in total. The first-order valence-electron chi connectivity index (χ1n) is 8.60. The van der Waals surface area contributed by atoms with Gasteiger partial charge in [0.25, 0.3) is 0 Å². The summed E-state index contributed by atoms with van der Waals surface area (Å²) < 4.78 is 3.09. The zero-order valence-electron chi connectivity index (χ0n) is 12.9. The highest BCUT2D eigenvalue weighted by Crippen LogP contribution is 2.48. The summed E-state index contributed by atoms with van der Waals surface area (Å²) in [5.41, 5.74) is 0. The zero-order chi connectivity index (χ0) is 14.4. The van der Waals surface area contributed by atoms with Gasteiger partial charge in [-0.05, 0) is 62.1 Å². The third-order valence-corrected chi connectivity index (χ3v) is 6.40. The normalized spacial score (nSPS) is 32.1. The molecule has 0 saturated heterocycles. The van der Waals surface area contributed by atoms with Crippen molar-refractivity contribution in [1.82, 2.24) is 14.8 Å². The molecule has 4 rings (SSSR count). The number of fused-ring (bicyclic) bond motifs is 2. The van der Waals surface area contributed by atoms with Crippen LogP contribution in [-0.4, -0.2) is 28.4 Å². The first kappa shape index (κ1) is 13.8. The Labute approximate surface area is 131 Å². The SMILES string of the molecule is CN(CC1CC2CCC1C2)c1n[nH]c(=S)n1C1CCCC1. The van der Waals surface area contributed by atoms with Crippen LogP contribution in [0.2, 0.25) is 0 Å². The van der Waals surface area contributed by atoms with Crippen molar-refractivity contribution in [3.05, 3.63) is 4.77 Å². The van der Waals surface area contributed by atoms with Gasteiger partial charge in [-0.2, -0.15) is 0 Å². The number of nitrogens with zero attached hydrogens (tertiary/aromatic N) is 3. The smallest absolute Gasteiger partial charge is 0.225 e. The Morgan fingerprint density at radius 1 is 1.24 bits per heavy atom. The minimum Gasteiger partial charge on any atom is -0.344 e. The van der Waals surface area contributed by atoms with E-state index in [-0.39, 0.29) is 0 Å². The van der Waals surface area contributed by atoms with Gasteiger partial charge < -0.3 is 4.90 Å². The predicted octanol–water partition coefficient (Wildman–Crippen LogP) is 3.93. The van der Waals surface area contributed by atoms with E-state index in [4.69, 9.17) is 12.2 Å². The standard InChI is InChI=1S/C16H26N4S/c1-19(10-13-9-11-6-7-12(13)8-11)15-17-18-16(21)20(15)14-4-2-3-5-14/h11-14H,2-10H2,1H3,(H,18,21). The number of hydrogen-bond donors (Lipinski definition) is 1. The van der Waals surface area contributed by atoms with Crippen LogP contribution in [0.25, 0.3) is 0 Å². The average molecular weight is 306 g/mol. The van der Waals surface area contributed by atoms with Crippen molar-refractivity contribution < 1.29 is 0 Å². The van der Waals surface area contributed by atoms with Gasteiger partial charge in [0, 0.05) is 19.6 Å². The summed E-state index contributed by atoms with van der Waals surface area (Å²) in [5.74, 6) is 3.93. The maximum absolute atomic E-state index is 5.48. The van der Waals surface area contributed by atoms with E-state index >= 15 is 0 Å². The van der Waals surface area contributed by atoms with Crippen LogP contribution >= 0.6 is 12.2 Å². The second kappa shape index (κ2) is 5.41. The third-order valence-electron chi connectivity index (χ3n) is 6.11. The van der Waals surface area contributed by atoms with E-state index in [1.165, 1.54) is 51.4 Å². The average Bonchev–Trinajstić information content (AvgIpc) is 3.22. The van der Waals surface area contributed by atoms with E-state index in [2.05, 4.69) is 26.7 Å². The lowest BCUT2D eigenvalue weighted by Gasteiger charge is -2.28. The van der Waals surface area contributed by atoms with Gasteiger partial charge in [0.05, 0.1) is 0 Å². The van der Waals surface area contributed by atoms with E-state index in [9.17, 15) is 0 Å². The number of H-pyrrole nitrogens is 1. The Balaban J connectivity index is 1.51. The van der Waals surface area contributed by atoms with Crippen LogP contribution in [0.1, 0.15) is 57.4 Å². The molecule has 3 aliphatic rings. The van der Waals surface area contributed by atoms with E-state index in [1.54, 1.807) is 0 Å². The third kappa shape index (κ3) is 2.43. The molecule has 116 valence electrons. The molecular weight excluding hydrogens is 280 g/mol. The summed E-state index contributed by atoms with van der Waals surface area (Å²) >= 11 is 5.48. The second-order valence-corrected chi connectivity index (χ2v) is 7.84. The van der Waals surface area contributed by atoms with Gasteiger partial charge in [-0.15, -0.1) is 5.10 Å². The largest absolute Gasteiger partial charge is 0.344 e. The number of aromatic nitrogens is 3. The lowest BCUT2D eigenvalue weighted by atomic mass is 9.88. The molecule has 0 aromatic carbocycles. The van der Waals surface area contributed by atoms with Crippen molar-refractivity contribution in [3.63, 3.8) is 0 Å². The summed E-state index contributed by atoms with van der Waals surface area (Å²) in [6, 6.07) is 0.564. The zero-order valence-corrected chi connectivity index (χ0v) is 13.7. The van der Waals surface area contributed by atoms with E-state index in [0.717, 1.165) is 35.0 Å². The molecule has 2 bridgehead atoms. The molecule has 0 aliphatic heterocycles. The van der Waals surface area contributed by atoms with Crippen molar-refractivity contribution >= 4 is 18.2 Å². The van der Waals surface area contributed by atoms with Gasteiger partial charge >= 0.3 is 0 Å². The Hall–Kier alpha value is -0.840. The molecule has 3 unspecified atom stereocenters. The van der Waals surface area contributed by atoms with Crippen LogP contribution in [0.4, 0.5) is 5.95 Å². The van der Waals surface area contributed by atoms with Gasteiger partial charge in [-0.25, -0.2) is 5.10 Å². The van der Waals surface area contributed by atoms with Crippen LogP contribution in [0.3, 0.4) is 0 Å². The fraction of sp³-hybridized carbons (Fsp3) is 0.875. The molecule has 1 aromatic heterocycles. The maximum atomic E-state index is 5.48. The number of hydrogen-bond acceptors (Lipinski definition) is 3. The van der Waals surface area contributed by atoms with Crippen LogP contribution in [0.15, 0.2) is 0 Å². The van der Waals surface area contributed by atoms with E-state index in [1.807, 2.05) is 0 Å². The van der Waals surface area contributed by atoms with Gasteiger partial charge in [0.1, 0.15) is 0 Å². The molecule has 3 saturated carbocycles. The minimum absolute atomic E-state index is 0.564. The van der Waals surface area contributed by atoms with Gasteiger partial charge in [-0.3, -0.25) is 4.57 Å². The van der Waals surface area contributed by atoms with Crippen LogP contribution in [0.5, 0.6) is 0 Å². The number of nitrogens with one attached hydrogen (secondary N) is 1. The molecule has 21 heavy (non-hydrogen) atoms. The van der Waals surface area contributed by atoms with E-state index in [0.29, 0.717) is 6.04 Å². The molecular formula is C16H26N4S. The van der Waals surface area contributed by atoms with Crippen molar-refractivity contribution in [2.45, 2.75) is 57.4 Å². The summed E-state index contributed by atoms with van der Waals surface area (Å²) in [7, 11) is 2.20. The summed E-state index contributed by atoms with van der Waals surface area (Å²) in [5, 5.41) is 7.56. The number of rotatable bonds is 4. The molecule has 0 amide bonds. The summed E-state index contributed by atoms with van der Waals surface area (Å²) in [6.45, 7) is 1.15. The monoisotopic (exact) mass is 306 g/mol. The first-order valence-corrected chi connectivity index (χ1v) is 9.01. The number of anilines is 1. The fourth-order valence-corrected chi connectivity index (χ4v) is 5.37. The molecule has 0 spiro atoms. The molecule has 1 aromatic rings. The fourth-order valence-electron chi connectivity index (χ4n) is 5.09. The Kier molecular flexibility index (Phi) is 3.56. The van der Waals surface area contributed by atoms with Crippen LogP contribution in [-0.2, 0) is 0 Å². The molecule has 3 atom stereocenters. The molecule has 0 radical (unpaired) electrons. The van der Waals surface area contributed by atoms with E-state index < -0.39 is 0 Å². The lowest BCUT2D eigenvalue weighted by molar-refractivity contribution is 0.335. The maximum Gasteiger partial charge on any atom is 0.225 e.